The summed E-state index contributed by atoms with van der Waals surface area (Å²) in [6, 6.07) is 20.6. The zero-order valence-corrected chi connectivity index (χ0v) is 19.9. The molecule has 8 nitrogen and oxygen atoms in total. The second kappa shape index (κ2) is 11.5. The topological polar surface area (TPSA) is 122 Å². The van der Waals surface area contributed by atoms with Crippen LogP contribution in [0.3, 0.4) is 0 Å². The van der Waals surface area contributed by atoms with Gasteiger partial charge in [-0.25, -0.2) is 9.59 Å². The number of nitrogens with zero attached hydrogens (tertiary/aromatic N) is 1. The fourth-order valence-electron chi connectivity index (χ4n) is 3.97. The number of carbonyl (C=O) groups excluding carboxylic acids is 2. The lowest BCUT2D eigenvalue weighted by Crippen LogP contribution is -2.69. The van der Waals surface area contributed by atoms with Crippen LogP contribution in [0.25, 0.3) is 10.8 Å². The SMILES string of the molecule is CCCC[C@@](NC(=O)OCc1ccccc1)(C(=O)O)N(C(=O)[C@H](C)N)c1cccc2ccccc12. The van der Waals surface area contributed by atoms with Crippen LogP contribution in [0, 0.1) is 0 Å². The van der Waals surface area contributed by atoms with Crippen molar-refractivity contribution < 1.29 is 24.2 Å². The lowest BCUT2D eigenvalue weighted by atomic mass is 9.96. The number of rotatable bonds is 10. The molecule has 0 spiro atoms. The maximum atomic E-state index is 13.5. The van der Waals surface area contributed by atoms with Crippen LogP contribution in [0.4, 0.5) is 10.5 Å². The van der Waals surface area contributed by atoms with Crippen molar-refractivity contribution in [2.45, 2.75) is 51.4 Å². The molecule has 0 aromatic heterocycles. The maximum Gasteiger partial charge on any atom is 0.409 e. The molecule has 0 saturated carbocycles. The highest BCUT2D eigenvalue weighted by Gasteiger charge is 2.50. The number of unbranched alkanes of at least 4 members (excludes halogenated alkanes) is 1. The van der Waals surface area contributed by atoms with Gasteiger partial charge < -0.3 is 15.6 Å². The summed E-state index contributed by atoms with van der Waals surface area (Å²) in [5.74, 6) is -2.02. The van der Waals surface area contributed by atoms with E-state index in [2.05, 4.69) is 5.32 Å². The van der Waals surface area contributed by atoms with E-state index in [0.29, 0.717) is 23.9 Å². The number of nitrogens with two attached hydrogens (primary N) is 1. The predicted octanol–water partition coefficient (Wildman–Crippen LogP) is 4.42. The number of aliphatic carboxylic acids is 1. The zero-order chi connectivity index (χ0) is 25.4. The number of hydrogen-bond donors (Lipinski definition) is 3. The van der Waals surface area contributed by atoms with Crippen LogP contribution in [0.5, 0.6) is 0 Å². The summed E-state index contributed by atoms with van der Waals surface area (Å²) < 4.78 is 5.34. The van der Waals surface area contributed by atoms with Crippen molar-refractivity contribution in [1.29, 1.82) is 0 Å². The Labute approximate surface area is 204 Å². The Kier molecular flexibility index (Phi) is 8.43. The van der Waals surface area contributed by atoms with Gasteiger partial charge in [0, 0.05) is 11.8 Å². The maximum absolute atomic E-state index is 13.5. The molecule has 0 bridgehead atoms. The zero-order valence-electron chi connectivity index (χ0n) is 19.9. The van der Waals surface area contributed by atoms with Gasteiger partial charge in [0.1, 0.15) is 6.61 Å². The lowest BCUT2D eigenvalue weighted by molar-refractivity contribution is -0.147. The average Bonchev–Trinajstić information content (AvgIpc) is 2.86. The molecule has 0 unspecified atom stereocenters. The quantitative estimate of drug-likeness (QED) is 0.372. The minimum atomic E-state index is -2.11. The summed E-state index contributed by atoms with van der Waals surface area (Å²) in [5.41, 5.74) is 4.95. The number of ether oxygens (including phenoxy) is 1. The molecule has 0 aliphatic heterocycles. The van der Waals surface area contributed by atoms with E-state index >= 15 is 0 Å². The number of hydrogen-bond acceptors (Lipinski definition) is 5. The van der Waals surface area contributed by atoms with Crippen LogP contribution in [-0.2, 0) is 20.9 Å². The van der Waals surface area contributed by atoms with E-state index in [9.17, 15) is 19.5 Å². The standard InChI is InChI=1S/C27H31N3O5/c1-3-4-17-27(25(32)33,29-26(34)35-18-20-11-6-5-7-12-20)30(24(31)19(2)28)23-16-10-14-21-13-8-9-15-22(21)23/h5-16,19H,3-4,17-18,28H2,1-2H3,(H,29,34)(H,32,33)/t19-,27-/m0/s1. The molecule has 0 saturated heterocycles. The Morgan fingerprint density at radius 3 is 2.34 bits per heavy atom. The van der Waals surface area contributed by atoms with E-state index in [0.717, 1.165) is 15.8 Å². The number of carbonyl (C=O) groups is 3. The van der Waals surface area contributed by atoms with Gasteiger partial charge in [0.2, 0.25) is 11.6 Å². The molecule has 0 aliphatic rings. The highest BCUT2D eigenvalue weighted by Crippen LogP contribution is 2.34. The first-order chi connectivity index (χ1) is 16.8. The van der Waals surface area contributed by atoms with Crippen molar-refractivity contribution in [2.75, 3.05) is 4.90 Å². The van der Waals surface area contributed by atoms with Crippen molar-refractivity contribution in [3.05, 3.63) is 78.4 Å². The predicted molar refractivity (Wildman–Crippen MR) is 135 cm³/mol. The number of alkyl carbamates (subject to hydrolysis) is 1. The van der Waals surface area contributed by atoms with Gasteiger partial charge in [0.05, 0.1) is 11.7 Å². The minimum Gasteiger partial charge on any atom is -0.478 e. The molecular formula is C27H31N3O5. The highest BCUT2D eigenvalue weighted by atomic mass is 16.5. The van der Waals surface area contributed by atoms with Crippen molar-refractivity contribution in [1.82, 2.24) is 5.32 Å². The van der Waals surface area contributed by atoms with Gasteiger partial charge in [-0.15, -0.1) is 0 Å². The average molecular weight is 478 g/mol. The molecule has 0 fully saturated rings. The van der Waals surface area contributed by atoms with Crippen molar-refractivity contribution in [3.63, 3.8) is 0 Å². The van der Waals surface area contributed by atoms with E-state index in [1.165, 1.54) is 6.92 Å². The first-order valence-electron chi connectivity index (χ1n) is 11.6. The number of anilines is 1. The summed E-state index contributed by atoms with van der Waals surface area (Å²) in [6.07, 6.45) is 0.0840. The Balaban J connectivity index is 2.10. The summed E-state index contributed by atoms with van der Waals surface area (Å²) in [5, 5.41) is 14.5. The summed E-state index contributed by atoms with van der Waals surface area (Å²) in [7, 11) is 0. The molecule has 4 N–H and O–H groups in total. The van der Waals surface area contributed by atoms with Gasteiger partial charge in [-0.3, -0.25) is 15.0 Å². The second-order valence-corrected chi connectivity index (χ2v) is 8.42. The fraction of sp³-hybridized carbons (Fsp3) is 0.296. The molecule has 0 aliphatic carbocycles. The molecule has 0 heterocycles. The Bertz CT molecular complexity index is 1180. The third kappa shape index (κ3) is 5.78. The number of benzene rings is 3. The number of nitrogens with one attached hydrogen (secondary N) is 1. The molecular weight excluding hydrogens is 446 g/mol. The van der Waals surface area contributed by atoms with Gasteiger partial charge in [0.25, 0.3) is 0 Å². The van der Waals surface area contributed by atoms with Crippen molar-refractivity contribution in [2.24, 2.45) is 5.73 Å². The minimum absolute atomic E-state index is 0.0407. The van der Waals surface area contributed by atoms with Gasteiger partial charge in [-0.2, -0.15) is 0 Å². The van der Waals surface area contributed by atoms with Crippen LogP contribution in [0.15, 0.2) is 72.8 Å². The molecule has 3 aromatic carbocycles. The van der Waals surface area contributed by atoms with E-state index in [4.69, 9.17) is 10.5 Å². The number of amides is 2. The van der Waals surface area contributed by atoms with Crippen molar-refractivity contribution >= 4 is 34.4 Å². The van der Waals surface area contributed by atoms with Crippen LogP contribution in [-0.4, -0.2) is 34.8 Å². The first kappa shape index (κ1) is 25.7. The molecule has 8 heteroatoms. The Hall–Kier alpha value is -3.91. The molecule has 2 atom stereocenters. The molecule has 184 valence electrons. The normalized spacial score (nSPS) is 13.5. The number of fused-ring (bicyclic) bond motifs is 1. The highest BCUT2D eigenvalue weighted by molar-refractivity contribution is 6.10. The van der Waals surface area contributed by atoms with Crippen LogP contribution in [0.1, 0.15) is 38.7 Å². The van der Waals surface area contributed by atoms with Crippen LogP contribution in [0.2, 0.25) is 0 Å². The summed E-state index contributed by atoms with van der Waals surface area (Å²) >= 11 is 0. The van der Waals surface area contributed by atoms with E-state index in [-0.39, 0.29) is 13.0 Å². The smallest absolute Gasteiger partial charge is 0.409 e. The van der Waals surface area contributed by atoms with Crippen LogP contribution < -0.4 is 16.0 Å². The van der Waals surface area contributed by atoms with Gasteiger partial charge >= 0.3 is 12.1 Å². The van der Waals surface area contributed by atoms with E-state index < -0.39 is 29.7 Å². The third-order valence-corrected chi connectivity index (χ3v) is 5.77. The van der Waals surface area contributed by atoms with Crippen LogP contribution >= 0.6 is 0 Å². The lowest BCUT2D eigenvalue weighted by Gasteiger charge is -2.42. The van der Waals surface area contributed by atoms with Gasteiger partial charge in [-0.1, -0.05) is 80.1 Å². The Morgan fingerprint density at radius 2 is 1.69 bits per heavy atom. The van der Waals surface area contributed by atoms with Gasteiger partial charge in [0.15, 0.2) is 0 Å². The van der Waals surface area contributed by atoms with E-state index in [1.54, 1.807) is 36.4 Å². The van der Waals surface area contributed by atoms with E-state index in [1.807, 2.05) is 43.3 Å². The molecule has 3 aromatic rings. The molecule has 0 radical (unpaired) electrons. The molecule has 2 amide bonds. The number of carboxylic acid groups (broad SMARTS) is 1. The number of carboxylic acids is 1. The molecule has 3 rings (SSSR count). The third-order valence-electron chi connectivity index (χ3n) is 5.77. The second-order valence-electron chi connectivity index (χ2n) is 8.42. The first-order valence-corrected chi connectivity index (χ1v) is 11.6. The Morgan fingerprint density at radius 1 is 1.03 bits per heavy atom. The molecule has 35 heavy (non-hydrogen) atoms. The summed E-state index contributed by atoms with van der Waals surface area (Å²) in [4.78, 5) is 40.5. The largest absolute Gasteiger partial charge is 0.478 e. The summed E-state index contributed by atoms with van der Waals surface area (Å²) in [6.45, 7) is 3.34. The monoisotopic (exact) mass is 477 g/mol. The van der Waals surface area contributed by atoms with Crippen molar-refractivity contribution in [3.8, 4) is 0 Å². The van der Waals surface area contributed by atoms with Gasteiger partial charge in [-0.05, 0) is 30.4 Å². The fourth-order valence-corrected chi connectivity index (χ4v) is 3.97.